The first-order valence-corrected chi connectivity index (χ1v) is 12.7. The summed E-state index contributed by atoms with van der Waals surface area (Å²) in [6, 6.07) is 7.24. The SMILES string of the molecule is CC(C)Oc1cccc2nc(NC(=O)c3ccnnc3)n(C3CCCCN(C(=O)/C=C/CN(C)C)C3)c12. The van der Waals surface area contributed by atoms with Gasteiger partial charge >= 0.3 is 0 Å². The minimum absolute atomic E-state index is 0.00901. The zero-order valence-electron chi connectivity index (χ0n) is 21.9. The number of imidazole rings is 1. The van der Waals surface area contributed by atoms with Crippen LogP contribution in [0.25, 0.3) is 11.0 Å². The van der Waals surface area contributed by atoms with Crippen LogP contribution in [0.15, 0.2) is 48.8 Å². The van der Waals surface area contributed by atoms with Crippen LogP contribution < -0.4 is 10.1 Å². The van der Waals surface area contributed by atoms with E-state index in [2.05, 4.69) is 15.5 Å². The fourth-order valence-electron chi connectivity index (χ4n) is 4.51. The molecule has 2 aromatic heterocycles. The van der Waals surface area contributed by atoms with E-state index in [-0.39, 0.29) is 24.0 Å². The molecule has 1 fully saturated rings. The number of hydrogen-bond donors (Lipinski definition) is 1. The maximum atomic E-state index is 13.1. The molecule has 3 aromatic rings. The molecule has 1 aromatic carbocycles. The lowest BCUT2D eigenvalue weighted by Crippen LogP contribution is -2.35. The van der Waals surface area contributed by atoms with Crippen LogP contribution in [0.2, 0.25) is 0 Å². The summed E-state index contributed by atoms with van der Waals surface area (Å²) in [5.41, 5.74) is 1.91. The van der Waals surface area contributed by atoms with Crippen LogP contribution in [0.4, 0.5) is 5.95 Å². The number of benzene rings is 1. The van der Waals surface area contributed by atoms with Crippen molar-refractivity contribution >= 4 is 28.8 Å². The fourth-order valence-corrected chi connectivity index (χ4v) is 4.51. The van der Waals surface area contributed by atoms with Crippen LogP contribution in [0.1, 0.15) is 49.5 Å². The predicted octanol–water partition coefficient (Wildman–Crippen LogP) is 3.54. The number of likely N-dealkylation sites (N-methyl/N-ethyl adjacent to an activating group) is 1. The lowest BCUT2D eigenvalue weighted by atomic mass is 10.1. The number of rotatable bonds is 8. The molecule has 0 radical (unpaired) electrons. The summed E-state index contributed by atoms with van der Waals surface area (Å²) >= 11 is 0. The standard InChI is InChI=1S/C27H35N7O3/c1-19(2)37-23-11-7-10-22-25(23)34(27(30-22)31-26(36)20-13-14-28-29-17-20)21-9-5-6-16-33(18-21)24(35)12-8-15-32(3)4/h7-8,10-14,17,19,21H,5-6,9,15-16,18H2,1-4H3,(H,30,31,36)/b12-8+. The number of ether oxygens (including phenoxy) is 1. The molecule has 0 spiro atoms. The number of anilines is 1. The Morgan fingerprint density at radius 3 is 2.78 bits per heavy atom. The Morgan fingerprint density at radius 2 is 2.05 bits per heavy atom. The van der Waals surface area contributed by atoms with Gasteiger partial charge in [0.1, 0.15) is 11.3 Å². The molecule has 37 heavy (non-hydrogen) atoms. The van der Waals surface area contributed by atoms with Crippen molar-refractivity contribution in [3.8, 4) is 5.75 Å². The first kappa shape index (κ1) is 26.3. The Balaban J connectivity index is 1.73. The molecule has 3 heterocycles. The molecule has 1 atom stereocenters. The Hall–Kier alpha value is -3.79. The summed E-state index contributed by atoms with van der Waals surface area (Å²) in [5.74, 6) is 0.773. The molecule has 1 unspecified atom stereocenters. The van der Waals surface area contributed by atoms with Crippen LogP contribution in [0.5, 0.6) is 5.75 Å². The second kappa shape index (κ2) is 12.0. The monoisotopic (exact) mass is 505 g/mol. The molecule has 2 amide bonds. The Bertz CT molecular complexity index is 1250. The van der Waals surface area contributed by atoms with Gasteiger partial charge in [-0.25, -0.2) is 4.98 Å². The van der Waals surface area contributed by atoms with Gasteiger partial charge in [0.2, 0.25) is 11.9 Å². The number of amides is 2. The molecule has 10 nitrogen and oxygen atoms in total. The Morgan fingerprint density at radius 1 is 1.22 bits per heavy atom. The third kappa shape index (κ3) is 6.51. The molecule has 0 bridgehead atoms. The highest BCUT2D eigenvalue weighted by atomic mass is 16.5. The van der Waals surface area contributed by atoms with Crippen LogP contribution >= 0.6 is 0 Å². The van der Waals surface area contributed by atoms with Crippen LogP contribution in [0.3, 0.4) is 0 Å². The minimum Gasteiger partial charge on any atom is -0.489 e. The molecular weight excluding hydrogens is 470 g/mol. The van der Waals surface area contributed by atoms with Gasteiger partial charge in [-0.1, -0.05) is 12.1 Å². The van der Waals surface area contributed by atoms with E-state index in [4.69, 9.17) is 9.72 Å². The van der Waals surface area contributed by atoms with Crippen molar-refractivity contribution in [3.05, 3.63) is 54.4 Å². The molecule has 1 saturated heterocycles. The summed E-state index contributed by atoms with van der Waals surface area (Å²) in [4.78, 5) is 34.8. The molecule has 0 saturated carbocycles. The molecular formula is C27H35N7O3. The summed E-state index contributed by atoms with van der Waals surface area (Å²) in [6.07, 6.45) is 9.10. The van der Waals surface area contributed by atoms with E-state index in [9.17, 15) is 9.59 Å². The number of nitrogens with zero attached hydrogens (tertiary/aromatic N) is 6. The van der Waals surface area contributed by atoms with Crippen molar-refractivity contribution in [1.29, 1.82) is 0 Å². The number of carbonyl (C=O) groups is 2. The van der Waals surface area contributed by atoms with Crippen molar-refractivity contribution in [2.24, 2.45) is 0 Å². The van der Waals surface area contributed by atoms with Crippen molar-refractivity contribution in [2.45, 2.75) is 45.3 Å². The second-order valence-corrected chi connectivity index (χ2v) is 9.78. The van der Waals surface area contributed by atoms with Crippen LogP contribution in [0, 0.1) is 0 Å². The van der Waals surface area contributed by atoms with Gasteiger partial charge in [0.05, 0.1) is 35.6 Å². The van der Waals surface area contributed by atoms with E-state index in [1.54, 1.807) is 12.1 Å². The molecule has 196 valence electrons. The number of aromatic nitrogens is 4. The van der Waals surface area contributed by atoms with Gasteiger partial charge in [0.25, 0.3) is 5.91 Å². The minimum atomic E-state index is -0.328. The molecule has 4 rings (SSSR count). The third-order valence-electron chi connectivity index (χ3n) is 6.16. The molecule has 0 aliphatic carbocycles. The normalized spacial score (nSPS) is 16.5. The van der Waals surface area contributed by atoms with E-state index >= 15 is 0 Å². The van der Waals surface area contributed by atoms with Crippen molar-refractivity contribution in [3.63, 3.8) is 0 Å². The Kier molecular flexibility index (Phi) is 8.50. The van der Waals surface area contributed by atoms with Gasteiger partial charge in [-0.15, -0.1) is 0 Å². The van der Waals surface area contributed by atoms with Crippen molar-refractivity contribution < 1.29 is 14.3 Å². The maximum absolute atomic E-state index is 13.1. The Labute approximate surface area is 217 Å². The number of likely N-dealkylation sites (tertiary alicyclic amines) is 1. The number of hydrogen-bond acceptors (Lipinski definition) is 7. The third-order valence-corrected chi connectivity index (χ3v) is 6.16. The van der Waals surface area contributed by atoms with Gasteiger partial charge in [-0.05, 0) is 65.4 Å². The van der Waals surface area contributed by atoms with E-state index in [0.29, 0.717) is 42.4 Å². The highest BCUT2D eigenvalue weighted by Gasteiger charge is 2.28. The number of carbonyl (C=O) groups excluding carboxylic acids is 2. The highest BCUT2D eigenvalue weighted by Crippen LogP contribution is 2.35. The smallest absolute Gasteiger partial charge is 0.259 e. The second-order valence-electron chi connectivity index (χ2n) is 9.78. The van der Waals surface area contributed by atoms with Crippen molar-refractivity contribution in [2.75, 3.05) is 39.0 Å². The largest absolute Gasteiger partial charge is 0.489 e. The average Bonchev–Trinajstić information content (AvgIpc) is 3.05. The summed E-state index contributed by atoms with van der Waals surface area (Å²) < 4.78 is 8.19. The van der Waals surface area contributed by atoms with E-state index in [0.717, 1.165) is 24.8 Å². The van der Waals surface area contributed by atoms with E-state index in [1.807, 2.05) is 66.6 Å². The lowest BCUT2D eigenvalue weighted by molar-refractivity contribution is -0.126. The first-order chi connectivity index (χ1) is 17.8. The fraction of sp³-hybridized carbons (Fsp3) is 0.444. The van der Waals surface area contributed by atoms with Crippen LogP contribution in [-0.2, 0) is 4.79 Å². The molecule has 10 heteroatoms. The predicted molar refractivity (Wildman–Crippen MR) is 143 cm³/mol. The maximum Gasteiger partial charge on any atom is 0.259 e. The van der Waals surface area contributed by atoms with E-state index in [1.165, 1.54) is 12.4 Å². The van der Waals surface area contributed by atoms with Gasteiger partial charge in [-0.3, -0.25) is 14.9 Å². The molecule has 1 N–H and O–H groups in total. The summed E-state index contributed by atoms with van der Waals surface area (Å²) in [7, 11) is 3.94. The van der Waals surface area contributed by atoms with Gasteiger partial charge < -0.3 is 19.1 Å². The quantitative estimate of drug-likeness (QED) is 0.467. The topological polar surface area (TPSA) is 105 Å². The zero-order chi connectivity index (χ0) is 26.4. The average molecular weight is 506 g/mol. The van der Waals surface area contributed by atoms with E-state index < -0.39 is 0 Å². The van der Waals surface area contributed by atoms with Gasteiger partial charge in [0.15, 0.2) is 0 Å². The van der Waals surface area contributed by atoms with Crippen molar-refractivity contribution in [1.82, 2.24) is 29.5 Å². The van der Waals surface area contributed by atoms with Gasteiger partial charge in [-0.2, -0.15) is 10.2 Å². The summed E-state index contributed by atoms with van der Waals surface area (Å²) in [6.45, 7) is 5.85. The molecule has 1 aliphatic rings. The number of nitrogens with one attached hydrogen (secondary N) is 1. The number of fused-ring (bicyclic) bond motifs is 1. The zero-order valence-corrected chi connectivity index (χ0v) is 21.9. The van der Waals surface area contributed by atoms with Crippen LogP contribution in [-0.4, -0.2) is 81.2 Å². The first-order valence-electron chi connectivity index (χ1n) is 12.7. The molecule has 1 aliphatic heterocycles. The summed E-state index contributed by atoms with van der Waals surface area (Å²) in [5, 5.41) is 10.5. The lowest BCUT2D eigenvalue weighted by Gasteiger charge is -2.26. The highest BCUT2D eigenvalue weighted by molar-refractivity contribution is 6.04. The van der Waals surface area contributed by atoms with Gasteiger partial charge in [0, 0.05) is 25.7 Å². The number of para-hydroxylation sites is 1.